The molecule has 0 atom stereocenters. The summed E-state index contributed by atoms with van der Waals surface area (Å²) in [6, 6.07) is 11.0. The first kappa shape index (κ1) is 16.6. The Balaban J connectivity index is 2.17. The Kier molecular flexibility index (Phi) is 5.41. The summed E-state index contributed by atoms with van der Waals surface area (Å²) < 4.78 is 25.9. The van der Waals surface area contributed by atoms with Crippen molar-refractivity contribution in [2.45, 2.75) is 12.8 Å². The predicted molar refractivity (Wildman–Crippen MR) is 82.7 cm³/mol. The van der Waals surface area contributed by atoms with Crippen molar-refractivity contribution < 1.29 is 18.4 Å². The fourth-order valence-electron chi connectivity index (χ4n) is 2.11. The lowest BCUT2D eigenvalue weighted by Gasteiger charge is -2.22. The second kappa shape index (κ2) is 7.49. The first-order valence-electron chi connectivity index (χ1n) is 7.04. The van der Waals surface area contributed by atoms with Crippen LogP contribution >= 0.6 is 0 Å². The number of halogens is 2. The molecule has 6 heteroatoms. The van der Waals surface area contributed by atoms with Crippen LogP contribution in [0, 0.1) is 11.6 Å². The van der Waals surface area contributed by atoms with Gasteiger partial charge in [0, 0.05) is 18.7 Å². The van der Waals surface area contributed by atoms with Gasteiger partial charge in [0.1, 0.15) is 11.6 Å². The van der Waals surface area contributed by atoms with Crippen LogP contribution in [0.5, 0.6) is 0 Å². The number of amides is 2. The van der Waals surface area contributed by atoms with Gasteiger partial charge in [-0.25, -0.2) is 8.78 Å². The number of hydrogen-bond acceptors (Lipinski definition) is 2. The topological polar surface area (TPSA) is 63.4 Å². The van der Waals surface area contributed by atoms with Gasteiger partial charge in [0.25, 0.3) is 0 Å². The van der Waals surface area contributed by atoms with E-state index in [4.69, 9.17) is 5.73 Å². The summed E-state index contributed by atoms with van der Waals surface area (Å²) in [5.41, 5.74) is 6.25. The summed E-state index contributed by atoms with van der Waals surface area (Å²) in [5.74, 6) is -1.63. The summed E-state index contributed by atoms with van der Waals surface area (Å²) in [7, 11) is 0. The smallest absolute Gasteiger partial charge is 0.231 e. The highest BCUT2D eigenvalue weighted by atomic mass is 19.1. The van der Waals surface area contributed by atoms with Gasteiger partial charge in [-0.1, -0.05) is 12.1 Å². The lowest BCUT2D eigenvalue weighted by atomic mass is 10.1. The maximum Gasteiger partial charge on any atom is 0.231 e. The van der Waals surface area contributed by atoms with Crippen LogP contribution in [-0.4, -0.2) is 18.4 Å². The Morgan fingerprint density at radius 2 is 1.43 bits per heavy atom. The molecule has 0 spiro atoms. The number of nitrogens with two attached hydrogens (primary N) is 1. The Morgan fingerprint density at radius 1 is 0.913 bits per heavy atom. The van der Waals surface area contributed by atoms with Crippen LogP contribution in [-0.2, 0) is 16.0 Å². The molecule has 0 bridgehead atoms. The molecule has 0 saturated heterocycles. The molecule has 0 heterocycles. The number of hydrogen-bond donors (Lipinski definition) is 1. The van der Waals surface area contributed by atoms with Gasteiger partial charge in [-0.3, -0.25) is 9.59 Å². The number of anilines is 1. The zero-order valence-corrected chi connectivity index (χ0v) is 12.3. The molecule has 0 unspecified atom stereocenters. The van der Waals surface area contributed by atoms with Crippen molar-refractivity contribution in [1.29, 1.82) is 0 Å². The fraction of sp³-hybridized carbons (Fsp3) is 0.176. The lowest BCUT2D eigenvalue weighted by molar-refractivity contribution is -0.118. The molecular formula is C17H16F2N2O2. The fourth-order valence-corrected chi connectivity index (χ4v) is 2.11. The van der Waals surface area contributed by atoms with Crippen molar-refractivity contribution in [2.75, 3.05) is 11.4 Å². The number of nitrogens with zero attached hydrogens (tertiary/aromatic N) is 1. The monoisotopic (exact) mass is 318 g/mol. The predicted octanol–water partition coefficient (Wildman–Crippen LogP) is 2.42. The molecule has 2 amide bonds. The number of carbonyl (C=O) groups excluding carboxylic acids is 2. The second-order valence-corrected chi connectivity index (χ2v) is 5.04. The average molecular weight is 318 g/mol. The summed E-state index contributed by atoms with van der Waals surface area (Å²) in [5, 5.41) is 0. The van der Waals surface area contributed by atoms with Crippen molar-refractivity contribution in [3.8, 4) is 0 Å². The van der Waals surface area contributed by atoms with Crippen LogP contribution in [0.25, 0.3) is 0 Å². The van der Waals surface area contributed by atoms with Crippen molar-refractivity contribution in [2.24, 2.45) is 5.73 Å². The van der Waals surface area contributed by atoms with Crippen molar-refractivity contribution in [1.82, 2.24) is 0 Å². The molecule has 0 saturated carbocycles. The third kappa shape index (κ3) is 4.88. The van der Waals surface area contributed by atoms with Crippen LogP contribution in [0.1, 0.15) is 12.0 Å². The highest BCUT2D eigenvalue weighted by Crippen LogP contribution is 2.17. The van der Waals surface area contributed by atoms with Crippen molar-refractivity contribution in [3.63, 3.8) is 0 Å². The first-order valence-corrected chi connectivity index (χ1v) is 7.04. The van der Waals surface area contributed by atoms with Crippen LogP contribution in [0.2, 0.25) is 0 Å². The maximum absolute atomic E-state index is 13.0. The molecule has 4 nitrogen and oxygen atoms in total. The van der Waals surface area contributed by atoms with Crippen molar-refractivity contribution >= 4 is 17.5 Å². The Labute approximate surface area is 132 Å². The summed E-state index contributed by atoms with van der Waals surface area (Å²) in [6.45, 7) is 0.0982. The van der Waals surface area contributed by atoms with E-state index in [0.29, 0.717) is 11.3 Å². The van der Waals surface area contributed by atoms with Gasteiger partial charge in [0.2, 0.25) is 11.8 Å². The van der Waals surface area contributed by atoms with E-state index in [0.717, 1.165) is 0 Å². The van der Waals surface area contributed by atoms with E-state index in [1.807, 2.05) is 0 Å². The van der Waals surface area contributed by atoms with Crippen LogP contribution < -0.4 is 10.6 Å². The van der Waals surface area contributed by atoms with Crippen LogP contribution in [0.4, 0.5) is 14.5 Å². The van der Waals surface area contributed by atoms with Gasteiger partial charge in [-0.15, -0.1) is 0 Å². The van der Waals surface area contributed by atoms with Crippen LogP contribution in [0.3, 0.4) is 0 Å². The van der Waals surface area contributed by atoms with E-state index in [9.17, 15) is 18.4 Å². The SMILES string of the molecule is NC(=O)CCN(C(=O)Cc1ccc(F)cc1)c1ccc(F)cc1. The Hall–Kier alpha value is -2.76. The van der Waals surface area contributed by atoms with Gasteiger partial charge < -0.3 is 10.6 Å². The average Bonchev–Trinajstić information content (AvgIpc) is 2.51. The van der Waals surface area contributed by atoms with E-state index < -0.39 is 11.7 Å². The molecule has 2 N–H and O–H groups in total. The second-order valence-electron chi connectivity index (χ2n) is 5.04. The molecule has 2 aromatic carbocycles. The number of carbonyl (C=O) groups is 2. The summed E-state index contributed by atoms with van der Waals surface area (Å²) in [6.07, 6.45) is 0.0307. The van der Waals surface area contributed by atoms with Gasteiger partial charge in [0.15, 0.2) is 0 Å². The standard InChI is InChI=1S/C17H16F2N2O2/c18-13-3-1-12(2-4-13)11-17(23)21(10-9-16(20)22)15-7-5-14(19)6-8-15/h1-8H,9-11H2,(H2,20,22). The Morgan fingerprint density at radius 3 is 1.96 bits per heavy atom. The van der Waals surface area contributed by atoms with E-state index >= 15 is 0 Å². The normalized spacial score (nSPS) is 10.3. The Bertz CT molecular complexity index is 685. The molecule has 0 fully saturated rings. The number of benzene rings is 2. The maximum atomic E-state index is 13.0. The molecule has 0 aliphatic heterocycles. The van der Waals surface area contributed by atoms with Gasteiger partial charge in [-0.2, -0.15) is 0 Å². The van der Waals surface area contributed by atoms with Crippen molar-refractivity contribution in [3.05, 3.63) is 65.7 Å². The minimum absolute atomic E-state index is 0.00741. The molecular weight excluding hydrogens is 302 g/mol. The van der Waals surface area contributed by atoms with Gasteiger partial charge in [-0.05, 0) is 42.0 Å². The molecule has 0 aliphatic rings. The third-order valence-corrected chi connectivity index (χ3v) is 3.29. The lowest BCUT2D eigenvalue weighted by Crippen LogP contribution is -2.35. The zero-order valence-electron chi connectivity index (χ0n) is 12.3. The molecule has 120 valence electrons. The summed E-state index contributed by atoms with van der Waals surface area (Å²) >= 11 is 0. The molecule has 23 heavy (non-hydrogen) atoms. The minimum atomic E-state index is -0.535. The molecule has 0 aliphatic carbocycles. The summed E-state index contributed by atoms with van der Waals surface area (Å²) in [4.78, 5) is 24.8. The first-order chi connectivity index (χ1) is 11.0. The van der Waals surface area contributed by atoms with Gasteiger partial charge >= 0.3 is 0 Å². The van der Waals surface area contributed by atoms with Gasteiger partial charge in [0.05, 0.1) is 6.42 Å². The quantitative estimate of drug-likeness (QED) is 0.889. The largest absolute Gasteiger partial charge is 0.370 e. The molecule has 2 aromatic rings. The van der Waals surface area contributed by atoms with E-state index in [-0.39, 0.29) is 31.1 Å². The number of rotatable bonds is 6. The molecule has 0 radical (unpaired) electrons. The van der Waals surface area contributed by atoms with E-state index in [1.165, 1.54) is 53.4 Å². The highest BCUT2D eigenvalue weighted by Gasteiger charge is 2.17. The van der Waals surface area contributed by atoms with E-state index in [1.54, 1.807) is 0 Å². The minimum Gasteiger partial charge on any atom is -0.370 e. The highest BCUT2D eigenvalue weighted by molar-refractivity contribution is 5.95. The molecule has 2 rings (SSSR count). The molecule has 0 aromatic heterocycles. The van der Waals surface area contributed by atoms with Crippen LogP contribution in [0.15, 0.2) is 48.5 Å². The van der Waals surface area contributed by atoms with E-state index in [2.05, 4.69) is 0 Å². The zero-order chi connectivity index (χ0) is 16.8. The number of primary amides is 1. The third-order valence-electron chi connectivity index (χ3n) is 3.29.